The number of rotatable bonds is 3. The second-order valence-electron chi connectivity index (χ2n) is 5.17. The van der Waals surface area contributed by atoms with Gasteiger partial charge in [-0.25, -0.2) is 4.39 Å². The van der Waals surface area contributed by atoms with Gasteiger partial charge in [0.05, 0.1) is 16.8 Å². The fraction of sp³-hybridized carbons (Fsp3) is 0.118. The second kappa shape index (κ2) is 5.64. The molecule has 6 heteroatoms. The number of nitrogens with one attached hydrogen (secondary N) is 1. The summed E-state index contributed by atoms with van der Waals surface area (Å²) < 4.78 is 13.6. The van der Waals surface area contributed by atoms with Gasteiger partial charge in [-0.05, 0) is 31.2 Å². The van der Waals surface area contributed by atoms with Gasteiger partial charge in [0.15, 0.2) is 0 Å². The summed E-state index contributed by atoms with van der Waals surface area (Å²) in [6.07, 6.45) is 0. The summed E-state index contributed by atoms with van der Waals surface area (Å²) in [4.78, 5) is 37.8. The molecular formula is C17H13FN2O3. The molecule has 0 saturated heterocycles. The van der Waals surface area contributed by atoms with Gasteiger partial charge >= 0.3 is 0 Å². The van der Waals surface area contributed by atoms with E-state index < -0.39 is 29.6 Å². The smallest absolute Gasteiger partial charge is 0.262 e. The monoisotopic (exact) mass is 312 g/mol. The third-order valence-electron chi connectivity index (χ3n) is 3.72. The first-order chi connectivity index (χ1) is 11.0. The lowest BCUT2D eigenvalue weighted by Gasteiger charge is -2.21. The fourth-order valence-corrected chi connectivity index (χ4v) is 2.48. The lowest BCUT2D eigenvalue weighted by molar-refractivity contribution is -0.119. The largest absolute Gasteiger partial charge is 0.322 e. The zero-order valence-corrected chi connectivity index (χ0v) is 12.2. The number of fused-ring (bicyclic) bond motifs is 1. The van der Waals surface area contributed by atoms with Gasteiger partial charge in [0.2, 0.25) is 5.91 Å². The summed E-state index contributed by atoms with van der Waals surface area (Å²) in [6, 6.07) is 11.0. The Bertz CT molecular complexity index is 784. The van der Waals surface area contributed by atoms with Crippen molar-refractivity contribution >= 4 is 23.4 Å². The van der Waals surface area contributed by atoms with E-state index in [4.69, 9.17) is 0 Å². The SMILES string of the molecule is C[C@H](C(=O)Nc1ccccc1F)N1C(=O)c2ccccc2C1=O. The summed E-state index contributed by atoms with van der Waals surface area (Å²) in [6.45, 7) is 1.43. The maximum Gasteiger partial charge on any atom is 0.262 e. The molecule has 5 nitrogen and oxygen atoms in total. The average molecular weight is 312 g/mol. The van der Waals surface area contributed by atoms with Crippen molar-refractivity contribution in [1.29, 1.82) is 0 Å². The van der Waals surface area contributed by atoms with Crippen LogP contribution in [-0.2, 0) is 4.79 Å². The molecule has 2 aromatic carbocycles. The van der Waals surface area contributed by atoms with Gasteiger partial charge in [-0.2, -0.15) is 0 Å². The molecule has 116 valence electrons. The molecule has 2 aromatic rings. The predicted octanol–water partition coefficient (Wildman–Crippen LogP) is 2.45. The molecule has 1 aliphatic rings. The van der Waals surface area contributed by atoms with Crippen LogP contribution in [0.3, 0.4) is 0 Å². The average Bonchev–Trinajstić information content (AvgIpc) is 2.81. The number of hydrogen-bond donors (Lipinski definition) is 1. The molecule has 0 saturated carbocycles. The van der Waals surface area contributed by atoms with Gasteiger partial charge in [-0.3, -0.25) is 19.3 Å². The molecule has 3 rings (SSSR count). The van der Waals surface area contributed by atoms with Gasteiger partial charge in [-0.15, -0.1) is 0 Å². The highest BCUT2D eigenvalue weighted by Gasteiger charge is 2.40. The molecule has 0 aromatic heterocycles. The van der Waals surface area contributed by atoms with Crippen LogP contribution in [0.4, 0.5) is 10.1 Å². The zero-order valence-electron chi connectivity index (χ0n) is 12.2. The highest BCUT2D eigenvalue weighted by Crippen LogP contribution is 2.25. The Balaban J connectivity index is 1.83. The molecule has 0 fully saturated rings. The van der Waals surface area contributed by atoms with Gasteiger partial charge in [-0.1, -0.05) is 24.3 Å². The summed E-state index contributed by atoms with van der Waals surface area (Å²) in [5.74, 6) is -2.27. The molecule has 1 aliphatic heterocycles. The van der Waals surface area contributed by atoms with Crippen molar-refractivity contribution in [3.05, 3.63) is 65.5 Å². The van der Waals surface area contributed by atoms with Crippen molar-refractivity contribution < 1.29 is 18.8 Å². The van der Waals surface area contributed by atoms with Crippen molar-refractivity contribution in [2.75, 3.05) is 5.32 Å². The third-order valence-corrected chi connectivity index (χ3v) is 3.72. The molecule has 1 heterocycles. The van der Waals surface area contributed by atoms with E-state index in [1.807, 2.05) is 0 Å². The molecule has 1 N–H and O–H groups in total. The van der Waals surface area contributed by atoms with E-state index in [0.29, 0.717) is 0 Å². The molecule has 0 spiro atoms. The van der Waals surface area contributed by atoms with Gasteiger partial charge < -0.3 is 5.32 Å². The molecule has 23 heavy (non-hydrogen) atoms. The zero-order chi connectivity index (χ0) is 16.6. The van der Waals surface area contributed by atoms with Crippen LogP contribution in [0.25, 0.3) is 0 Å². The van der Waals surface area contributed by atoms with Crippen molar-refractivity contribution in [3.8, 4) is 0 Å². The first-order valence-electron chi connectivity index (χ1n) is 7.03. The molecule has 0 bridgehead atoms. The number of nitrogens with zero attached hydrogens (tertiary/aromatic N) is 1. The molecule has 3 amide bonds. The maximum absolute atomic E-state index is 13.6. The summed E-state index contributed by atoms with van der Waals surface area (Å²) in [7, 11) is 0. The number of carbonyl (C=O) groups excluding carboxylic acids is 3. The van der Waals surface area contributed by atoms with Crippen LogP contribution in [-0.4, -0.2) is 28.7 Å². The molecule has 0 radical (unpaired) electrons. The Kier molecular flexibility index (Phi) is 3.65. The first kappa shape index (κ1) is 14.9. The number of carbonyl (C=O) groups is 3. The number of hydrogen-bond acceptors (Lipinski definition) is 3. The molecule has 0 aliphatic carbocycles. The van der Waals surface area contributed by atoms with E-state index in [1.54, 1.807) is 18.2 Å². The lowest BCUT2D eigenvalue weighted by Crippen LogP contribution is -2.45. The Morgan fingerprint density at radius 2 is 1.52 bits per heavy atom. The summed E-state index contributed by atoms with van der Waals surface area (Å²) in [5, 5.41) is 2.39. The first-order valence-corrected chi connectivity index (χ1v) is 7.03. The predicted molar refractivity (Wildman–Crippen MR) is 81.4 cm³/mol. The quantitative estimate of drug-likeness (QED) is 0.885. The Labute approximate surface area is 131 Å². The van der Waals surface area contributed by atoms with Crippen LogP contribution in [0, 0.1) is 5.82 Å². The van der Waals surface area contributed by atoms with Crippen LogP contribution in [0.2, 0.25) is 0 Å². The van der Waals surface area contributed by atoms with Crippen LogP contribution in [0.15, 0.2) is 48.5 Å². The van der Waals surface area contributed by atoms with Gasteiger partial charge in [0.25, 0.3) is 11.8 Å². The Morgan fingerprint density at radius 3 is 2.09 bits per heavy atom. The molecule has 1 atom stereocenters. The van der Waals surface area contributed by atoms with E-state index in [2.05, 4.69) is 5.32 Å². The minimum absolute atomic E-state index is 0.000888. The Morgan fingerprint density at radius 1 is 1.00 bits per heavy atom. The van der Waals surface area contributed by atoms with E-state index in [9.17, 15) is 18.8 Å². The van der Waals surface area contributed by atoms with Crippen LogP contribution in [0.1, 0.15) is 27.6 Å². The fourth-order valence-electron chi connectivity index (χ4n) is 2.48. The summed E-state index contributed by atoms with van der Waals surface area (Å²) in [5.41, 5.74) is 0.534. The highest BCUT2D eigenvalue weighted by atomic mass is 19.1. The minimum atomic E-state index is -1.05. The van der Waals surface area contributed by atoms with Crippen molar-refractivity contribution in [2.45, 2.75) is 13.0 Å². The normalized spacial score (nSPS) is 14.6. The maximum atomic E-state index is 13.6. The number of halogens is 1. The van der Waals surface area contributed by atoms with Crippen molar-refractivity contribution in [2.24, 2.45) is 0 Å². The van der Waals surface area contributed by atoms with Crippen molar-refractivity contribution in [3.63, 3.8) is 0 Å². The number of anilines is 1. The summed E-state index contributed by atoms with van der Waals surface area (Å²) >= 11 is 0. The second-order valence-corrected chi connectivity index (χ2v) is 5.17. The number of benzene rings is 2. The molecular weight excluding hydrogens is 299 g/mol. The topological polar surface area (TPSA) is 66.5 Å². The van der Waals surface area contributed by atoms with E-state index in [-0.39, 0.29) is 16.8 Å². The van der Waals surface area contributed by atoms with Crippen molar-refractivity contribution in [1.82, 2.24) is 4.90 Å². The standard InChI is InChI=1S/C17H13FN2O3/c1-10(15(21)19-14-9-5-4-8-13(14)18)20-16(22)11-6-2-3-7-12(11)17(20)23/h2-10H,1H3,(H,19,21)/t10-/m1/s1. The van der Waals surface area contributed by atoms with Crippen LogP contribution in [0.5, 0.6) is 0 Å². The minimum Gasteiger partial charge on any atom is -0.322 e. The number of para-hydroxylation sites is 1. The van der Waals surface area contributed by atoms with E-state index in [0.717, 1.165) is 4.90 Å². The number of amides is 3. The van der Waals surface area contributed by atoms with Gasteiger partial charge in [0.1, 0.15) is 11.9 Å². The van der Waals surface area contributed by atoms with E-state index in [1.165, 1.54) is 37.3 Å². The number of imide groups is 1. The van der Waals surface area contributed by atoms with E-state index >= 15 is 0 Å². The third kappa shape index (κ3) is 2.48. The lowest BCUT2D eigenvalue weighted by atomic mass is 10.1. The molecule has 0 unspecified atom stereocenters. The Hall–Kier alpha value is -3.02. The highest BCUT2D eigenvalue weighted by molar-refractivity contribution is 6.23. The van der Waals surface area contributed by atoms with Crippen LogP contribution < -0.4 is 5.32 Å². The van der Waals surface area contributed by atoms with Gasteiger partial charge in [0, 0.05) is 0 Å². The van der Waals surface area contributed by atoms with Crippen LogP contribution >= 0.6 is 0 Å².